The smallest absolute Gasteiger partial charge is 0.329 e. The van der Waals surface area contributed by atoms with Crippen molar-refractivity contribution in [1.29, 1.82) is 0 Å². The highest BCUT2D eigenvalue weighted by Gasteiger charge is 2.41. The summed E-state index contributed by atoms with van der Waals surface area (Å²) < 4.78 is 0. The Morgan fingerprint density at radius 3 is 2.06 bits per heavy atom. The highest BCUT2D eigenvalue weighted by molar-refractivity contribution is 6.04. The van der Waals surface area contributed by atoms with Crippen molar-refractivity contribution in [2.45, 2.75) is 38.8 Å². The summed E-state index contributed by atoms with van der Waals surface area (Å²) in [6.45, 7) is 7.76. The molecule has 6 aromatic rings. The summed E-state index contributed by atoms with van der Waals surface area (Å²) in [5.74, 6) is 4.05. The summed E-state index contributed by atoms with van der Waals surface area (Å²) in [6, 6.07) is 19.0. The molecule has 0 saturated carbocycles. The summed E-state index contributed by atoms with van der Waals surface area (Å²) in [5.41, 5.74) is 11.0. The van der Waals surface area contributed by atoms with E-state index in [2.05, 4.69) is 55.3 Å². The molecule has 0 aliphatic carbocycles. The molecule has 2 atom stereocenters. The third-order valence-corrected chi connectivity index (χ3v) is 9.60. The Bertz CT molecular complexity index is 2260. The van der Waals surface area contributed by atoms with Crippen molar-refractivity contribution in [3.63, 3.8) is 0 Å². The molecular formula is C39H40N14O. The van der Waals surface area contributed by atoms with Crippen LogP contribution in [0.2, 0.25) is 0 Å². The molecule has 0 aromatic carbocycles. The first kappa shape index (κ1) is 34.3. The van der Waals surface area contributed by atoms with E-state index in [0.717, 1.165) is 78.1 Å². The number of carbonyl (C=O) groups is 1. The Morgan fingerprint density at radius 1 is 0.741 bits per heavy atom. The number of hydrogen-bond donors (Lipinski definition) is 3. The number of anilines is 6. The van der Waals surface area contributed by atoms with Gasteiger partial charge in [0.25, 0.3) is 0 Å². The second kappa shape index (κ2) is 15.1. The summed E-state index contributed by atoms with van der Waals surface area (Å²) in [6.07, 6.45) is 12.7. The maximum atomic E-state index is 13.1. The molecule has 15 nitrogen and oxygen atoms in total. The number of rotatable bonds is 3. The van der Waals surface area contributed by atoms with Crippen LogP contribution in [-0.2, 0) is 0 Å². The molecular weight excluding hydrogens is 681 g/mol. The van der Waals surface area contributed by atoms with Gasteiger partial charge in [0, 0.05) is 79.5 Å². The average molecular weight is 721 g/mol. The predicted octanol–water partition coefficient (Wildman–Crippen LogP) is 5.39. The lowest BCUT2D eigenvalue weighted by Crippen LogP contribution is -2.48. The molecule has 0 spiro atoms. The van der Waals surface area contributed by atoms with E-state index < -0.39 is 0 Å². The third kappa shape index (κ3) is 7.42. The van der Waals surface area contributed by atoms with Crippen LogP contribution in [0.4, 0.5) is 39.4 Å². The number of hydrogen-bond acceptors (Lipinski definition) is 13. The van der Waals surface area contributed by atoms with Crippen molar-refractivity contribution < 1.29 is 4.79 Å². The van der Waals surface area contributed by atoms with Crippen LogP contribution in [-0.4, -0.2) is 84.2 Å². The molecule has 272 valence electrons. The fourth-order valence-corrected chi connectivity index (χ4v) is 7.01. The number of nitrogen functional groups attached to an aromatic ring is 1. The first-order chi connectivity index (χ1) is 26.4. The molecule has 0 radical (unpaired) electrons. The van der Waals surface area contributed by atoms with Crippen molar-refractivity contribution in [3.8, 4) is 22.8 Å². The lowest BCUT2D eigenvalue weighted by Gasteiger charge is -2.35. The Hall–Kier alpha value is -6.77. The van der Waals surface area contributed by atoms with Crippen LogP contribution < -0.4 is 31.1 Å². The van der Waals surface area contributed by atoms with Gasteiger partial charge in [-0.25, -0.2) is 34.7 Å². The monoisotopic (exact) mass is 720 g/mol. The quantitative estimate of drug-likeness (QED) is 0.212. The van der Waals surface area contributed by atoms with Gasteiger partial charge in [0.1, 0.15) is 11.6 Å². The van der Waals surface area contributed by atoms with Gasteiger partial charge in [0.15, 0.2) is 23.3 Å². The molecule has 15 heteroatoms. The minimum Gasteiger partial charge on any atom is -0.384 e. The average Bonchev–Trinajstić information content (AvgIpc) is 3.80. The fraction of sp³-hybridized carbons (Fsp3) is 0.256. The summed E-state index contributed by atoms with van der Waals surface area (Å²) in [5, 5.41) is 6.40. The van der Waals surface area contributed by atoms with E-state index in [1.54, 1.807) is 41.8 Å². The van der Waals surface area contributed by atoms with Crippen molar-refractivity contribution in [1.82, 2.24) is 39.9 Å². The number of nitrogens with two attached hydrogens (primary N) is 1. The topological polar surface area (TPSA) is 180 Å². The van der Waals surface area contributed by atoms with Gasteiger partial charge in [-0.15, -0.1) is 0 Å². The number of aryl methyl sites for hydroxylation is 2. The van der Waals surface area contributed by atoms with E-state index in [1.165, 1.54) is 6.42 Å². The highest BCUT2D eigenvalue weighted by Crippen LogP contribution is 2.39. The van der Waals surface area contributed by atoms with Gasteiger partial charge >= 0.3 is 6.03 Å². The molecule has 2 saturated heterocycles. The zero-order chi connectivity index (χ0) is 37.0. The minimum atomic E-state index is -0.220. The normalized spacial score (nSPS) is 17.2. The van der Waals surface area contributed by atoms with E-state index in [4.69, 9.17) is 10.7 Å². The van der Waals surface area contributed by atoms with Crippen LogP contribution in [0.15, 0.2) is 97.8 Å². The van der Waals surface area contributed by atoms with Crippen LogP contribution >= 0.6 is 0 Å². The van der Waals surface area contributed by atoms with E-state index >= 15 is 0 Å². The maximum absolute atomic E-state index is 13.1. The molecule has 4 aliphatic heterocycles. The largest absolute Gasteiger partial charge is 0.384 e. The number of nitrogens with zero attached hydrogens (tertiary/aromatic N) is 11. The van der Waals surface area contributed by atoms with E-state index in [0.29, 0.717) is 29.3 Å². The number of amides is 2. The lowest BCUT2D eigenvalue weighted by molar-refractivity contribution is 0.254. The first-order valence-corrected chi connectivity index (χ1v) is 17.9. The van der Waals surface area contributed by atoms with Crippen molar-refractivity contribution in [2.24, 2.45) is 0 Å². The van der Waals surface area contributed by atoms with Gasteiger partial charge in [-0.05, 0) is 75.2 Å². The molecule has 2 amide bonds. The van der Waals surface area contributed by atoms with E-state index in [1.807, 2.05) is 74.8 Å². The van der Waals surface area contributed by atoms with Crippen LogP contribution in [0.5, 0.6) is 0 Å². The Morgan fingerprint density at radius 2 is 1.41 bits per heavy atom. The van der Waals surface area contributed by atoms with Crippen LogP contribution in [0.3, 0.4) is 0 Å². The van der Waals surface area contributed by atoms with E-state index in [-0.39, 0.29) is 12.1 Å². The van der Waals surface area contributed by atoms with Crippen LogP contribution in [0, 0.1) is 13.8 Å². The van der Waals surface area contributed by atoms with Crippen molar-refractivity contribution in [2.75, 3.05) is 57.2 Å². The lowest BCUT2D eigenvalue weighted by atomic mass is 10.2. The number of pyridine rings is 4. The van der Waals surface area contributed by atoms with Gasteiger partial charge in [-0.3, -0.25) is 20.2 Å². The SMILES string of the molecule is Cc1cc(-c2ncc3c(n2)N(C(=O)Nc2ccccn2)[C@H]2CCN3C2)ccn1.Cc1cc(-c2ncc3c(n2)N[C@H]2CCN3C2)ccn1.Nc1ccccn1. The second-order valence-corrected chi connectivity index (χ2v) is 13.4. The molecule has 4 aliphatic rings. The maximum Gasteiger partial charge on any atom is 0.329 e. The summed E-state index contributed by atoms with van der Waals surface area (Å²) >= 11 is 0. The molecule has 4 bridgehead atoms. The molecule has 54 heavy (non-hydrogen) atoms. The number of fused-ring (bicyclic) bond motifs is 8. The van der Waals surface area contributed by atoms with Gasteiger partial charge in [-0.1, -0.05) is 12.1 Å². The standard InChI is InChI=1S/C20H19N7O.C14H15N5.C5H6N2/c1-13-10-14(5-8-21-13)18-23-11-16-19(25-18)27(15-6-9-26(16)12-15)20(28)24-17-4-2-3-7-22-17;1-9-6-10(2-4-15-9)13-16-7-12-14(18-13)17-11-3-5-19(12)8-11;6-5-3-1-2-4-7-5/h2-5,7-8,10-11,15H,6,9,12H2,1H3,(H,22,24,28);2,4,6-7,11H,3,5,8H2,1H3,(H,16,17,18);1-4H,(H2,6,7)/t15-;11-;/m00./s1. The molecule has 10 heterocycles. The van der Waals surface area contributed by atoms with E-state index in [9.17, 15) is 4.79 Å². The summed E-state index contributed by atoms with van der Waals surface area (Å²) in [7, 11) is 0. The highest BCUT2D eigenvalue weighted by atomic mass is 16.2. The first-order valence-electron chi connectivity index (χ1n) is 17.9. The number of urea groups is 1. The van der Waals surface area contributed by atoms with Gasteiger partial charge < -0.3 is 20.9 Å². The van der Waals surface area contributed by atoms with Crippen molar-refractivity contribution in [3.05, 3.63) is 109 Å². The number of aromatic nitrogens is 8. The second-order valence-electron chi connectivity index (χ2n) is 13.4. The Balaban J connectivity index is 0.000000136. The fourth-order valence-electron chi connectivity index (χ4n) is 7.01. The van der Waals surface area contributed by atoms with Crippen LogP contribution in [0.1, 0.15) is 24.2 Å². The molecule has 0 unspecified atom stereocenters. The van der Waals surface area contributed by atoms with Crippen molar-refractivity contribution >= 4 is 40.7 Å². The Labute approximate surface area is 312 Å². The predicted molar refractivity (Wildman–Crippen MR) is 209 cm³/mol. The zero-order valence-corrected chi connectivity index (χ0v) is 30.0. The van der Waals surface area contributed by atoms with Gasteiger partial charge in [0.2, 0.25) is 0 Å². The summed E-state index contributed by atoms with van der Waals surface area (Å²) in [4.78, 5) is 54.4. The third-order valence-electron chi connectivity index (χ3n) is 9.60. The molecule has 6 aromatic heterocycles. The molecule has 2 fully saturated rings. The molecule has 10 rings (SSSR count). The molecule has 4 N–H and O–H groups in total. The number of carbonyl (C=O) groups excluding carboxylic acids is 1. The van der Waals surface area contributed by atoms with Gasteiger partial charge in [0.05, 0.1) is 29.8 Å². The van der Waals surface area contributed by atoms with Gasteiger partial charge in [-0.2, -0.15) is 0 Å². The number of nitrogens with one attached hydrogen (secondary N) is 2. The minimum absolute atomic E-state index is 0.0816. The zero-order valence-electron chi connectivity index (χ0n) is 30.0. The van der Waals surface area contributed by atoms with Crippen LogP contribution in [0.25, 0.3) is 22.8 Å². The Kier molecular flexibility index (Phi) is 9.58.